The van der Waals surface area contributed by atoms with E-state index in [9.17, 15) is 4.55 Å². The van der Waals surface area contributed by atoms with Crippen LogP contribution >= 0.6 is 15.9 Å². The van der Waals surface area contributed by atoms with Gasteiger partial charge in [0.25, 0.3) is 0 Å². The highest BCUT2D eigenvalue weighted by Gasteiger charge is 2.25. The van der Waals surface area contributed by atoms with Crippen LogP contribution in [0.2, 0.25) is 0 Å². The maximum absolute atomic E-state index is 11.2. The topological polar surface area (TPSA) is 49.1 Å². The quantitative estimate of drug-likeness (QED) is 0.869. The van der Waals surface area contributed by atoms with E-state index in [2.05, 4.69) is 15.9 Å². The van der Waals surface area contributed by atoms with Crippen molar-refractivity contribution in [2.24, 2.45) is 5.14 Å². The molecule has 0 spiro atoms. The molecule has 1 aromatic carbocycles. The summed E-state index contributed by atoms with van der Waals surface area (Å²) in [5.74, 6) is 0. The standard InChI is InChI=1S/C11H14BrNOS/c1-11(2,15(13)14)7-6-9-4-3-5-10(12)8-9/h3-8H,13H2,1-2H3. The summed E-state index contributed by atoms with van der Waals surface area (Å²) in [5, 5.41) is 5.38. The summed E-state index contributed by atoms with van der Waals surface area (Å²) in [6.45, 7) is 3.69. The molecule has 82 valence electrons. The number of halogens is 1. The van der Waals surface area contributed by atoms with Gasteiger partial charge in [-0.15, -0.1) is 0 Å². The minimum absolute atomic E-state index is 0.498. The van der Waals surface area contributed by atoms with E-state index in [-0.39, 0.29) is 0 Å². The molecular formula is C11H14BrNOS. The zero-order valence-corrected chi connectivity index (χ0v) is 11.1. The van der Waals surface area contributed by atoms with Gasteiger partial charge in [-0.05, 0) is 37.6 Å². The van der Waals surface area contributed by atoms with Crippen LogP contribution in [0.4, 0.5) is 0 Å². The average Bonchev–Trinajstić information content (AvgIpc) is 2.15. The first-order valence-electron chi connectivity index (χ1n) is 4.53. The van der Waals surface area contributed by atoms with Crippen molar-refractivity contribution in [3.8, 4) is 0 Å². The molecule has 0 radical (unpaired) electrons. The van der Waals surface area contributed by atoms with Crippen molar-refractivity contribution in [3.05, 3.63) is 40.4 Å². The van der Waals surface area contributed by atoms with E-state index in [1.165, 1.54) is 0 Å². The van der Waals surface area contributed by atoms with Crippen molar-refractivity contribution in [3.63, 3.8) is 0 Å². The Bertz CT molecular complexity index is 363. The normalized spacial score (nSPS) is 14.5. The van der Waals surface area contributed by atoms with Gasteiger partial charge >= 0.3 is 0 Å². The van der Waals surface area contributed by atoms with E-state index in [4.69, 9.17) is 5.14 Å². The minimum Gasteiger partial charge on any atom is -0.598 e. The summed E-state index contributed by atoms with van der Waals surface area (Å²) in [6, 6.07) is 7.89. The van der Waals surface area contributed by atoms with Gasteiger partial charge in [0.15, 0.2) is 4.75 Å². The lowest BCUT2D eigenvalue weighted by Gasteiger charge is -2.20. The lowest BCUT2D eigenvalue weighted by atomic mass is 10.1. The molecule has 1 unspecified atom stereocenters. The average molecular weight is 288 g/mol. The van der Waals surface area contributed by atoms with Crippen LogP contribution in [0, 0.1) is 0 Å². The van der Waals surface area contributed by atoms with E-state index < -0.39 is 16.1 Å². The van der Waals surface area contributed by atoms with E-state index in [1.54, 1.807) is 0 Å². The highest BCUT2D eigenvalue weighted by molar-refractivity contribution is 9.10. The molecule has 0 bridgehead atoms. The highest BCUT2D eigenvalue weighted by Crippen LogP contribution is 2.18. The van der Waals surface area contributed by atoms with Crippen molar-refractivity contribution in [1.29, 1.82) is 0 Å². The molecule has 2 nitrogen and oxygen atoms in total. The number of rotatable bonds is 3. The van der Waals surface area contributed by atoms with Crippen LogP contribution in [-0.2, 0) is 11.4 Å². The second-order valence-electron chi connectivity index (χ2n) is 3.79. The molecule has 0 heterocycles. The van der Waals surface area contributed by atoms with Gasteiger partial charge in [-0.3, -0.25) is 0 Å². The molecule has 0 saturated carbocycles. The van der Waals surface area contributed by atoms with Gasteiger partial charge in [-0.1, -0.05) is 34.1 Å². The minimum atomic E-state index is -1.35. The second kappa shape index (κ2) is 5.16. The lowest BCUT2D eigenvalue weighted by Crippen LogP contribution is -2.35. The van der Waals surface area contributed by atoms with E-state index in [0.717, 1.165) is 10.0 Å². The van der Waals surface area contributed by atoms with Gasteiger partial charge in [0.05, 0.1) is 0 Å². The number of hydrogen-bond acceptors (Lipinski definition) is 2. The lowest BCUT2D eigenvalue weighted by molar-refractivity contribution is 0.573. The maximum atomic E-state index is 11.2. The van der Waals surface area contributed by atoms with Gasteiger partial charge in [0, 0.05) is 15.8 Å². The first-order chi connectivity index (χ1) is 6.92. The van der Waals surface area contributed by atoms with Gasteiger partial charge in [-0.2, -0.15) is 5.14 Å². The molecule has 1 aromatic rings. The molecule has 0 saturated heterocycles. The van der Waals surface area contributed by atoms with Crippen LogP contribution in [-0.4, -0.2) is 9.30 Å². The third-order valence-electron chi connectivity index (χ3n) is 2.04. The summed E-state index contributed by atoms with van der Waals surface area (Å²) in [4.78, 5) is 0. The molecule has 1 rings (SSSR count). The van der Waals surface area contributed by atoms with Crippen LogP contribution < -0.4 is 5.14 Å². The number of benzene rings is 1. The molecule has 0 aliphatic rings. The number of nitrogens with two attached hydrogens (primary N) is 1. The predicted octanol–water partition coefficient (Wildman–Crippen LogP) is 2.86. The molecule has 15 heavy (non-hydrogen) atoms. The van der Waals surface area contributed by atoms with Crippen molar-refractivity contribution in [2.75, 3.05) is 0 Å². The fourth-order valence-corrected chi connectivity index (χ4v) is 1.59. The van der Waals surface area contributed by atoms with Crippen molar-refractivity contribution < 1.29 is 4.55 Å². The predicted molar refractivity (Wildman–Crippen MR) is 69.6 cm³/mol. The van der Waals surface area contributed by atoms with Crippen LogP contribution in [0.15, 0.2) is 34.8 Å². The van der Waals surface area contributed by atoms with E-state index >= 15 is 0 Å². The largest absolute Gasteiger partial charge is 0.598 e. The first-order valence-corrected chi connectivity index (χ1v) is 6.53. The second-order valence-corrected chi connectivity index (χ2v) is 6.35. The molecule has 0 fully saturated rings. The molecular weight excluding hydrogens is 274 g/mol. The summed E-state index contributed by atoms with van der Waals surface area (Å²) < 4.78 is 11.7. The summed E-state index contributed by atoms with van der Waals surface area (Å²) in [6.07, 6.45) is 3.79. The Kier molecular flexibility index (Phi) is 4.40. The van der Waals surface area contributed by atoms with Gasteiger partial charge < -0.3 is 4.55 Å². The van der Waals surface area contributed by atoms with Crippen LogP contribution in [0.3, 0.4) is 0 Å². The van der Waals surface area contributed by atoms with E-state index in [1.807, 2.05) is 50.3 Å². The van der Waals surface area contributed by atoms with Crippen LogP contribution in [0.1, 0.15) is 19.4 Å². The zero-order valence-electron chi connectivity index (χ0n) is 8.74. The van der Waals surface area contributed by atoms with Crippen molar-refractivity contribution in [2.45, 2.75) is 18.6 Å². The summed E-state index contributed by atoms with van der Waals surface area (Å²) in [7, 11) is 0. The van der Waals surface area contributed by atoms with Gasteiger partial charge in [-0.25, -0.2) is 0 Å². The Balaban J connectivity index is 2.82. The smallest absolute Gasteiger partial charge is 0.157 e. The van der Waals surface area contributed by atoms with Gasteiger partial charge in [0.1, 0.15) is 0 Å². The Morgan fingerprint density at radius 1 is 1.47 bits per heavy atom. The van der Waals surface area contributed by atoms with Crippen molar-refractivity contribution in [1.82, 2.24) is 0 Å². The molecule has 4 heteroatoms. The summed E-state index contributed by atoms with van der Waals surface area (Å²) >= 11 is 2.04. The van der Waals surface area contributed by atoms with E-state index in [0.29, 0.717) is 0 Å². The zero-order chi connectivity index (χ0) is 11.5. The molecule has 0 aliphatic carbocycles. The fraction of sp³-hybridized carbons (Fsp3) is 0.273. The van der Waals surface area contributed by atoms with Crippen LogP contribution in [0.5, 0.6) is 0 Å². The Hall–Kier alpha value is -0.290. The number of hydrogen-bond donors (Lipinski definition) is 1. The van der Waals surface area contributed by atoms with Crippen molar-refractivity contribution >= 4 is 33.4 Å². The third-order valence-corrected chi connectivity index (χ3v) is 3.71. The molecule has 1 atom stereocenters. The third kappa shape index (κ3) is 3.99. The summed E-state index contributed by atoms with van der Waals surface area (Å²) in [5.41, 5.74) is 1.06. The van der Waals surface area contributed by atoms with Gasteiger partial charge in [0.2, 0.25) is 0 Å². The highest BCUT2D eigenvalue weighted by atomic mass is 79.9. The molecule has 2 N–H and O–H groups in total. The monoisotopic (exact) mass is 287 g/mol. The maximum Gasteiger partial charge on any atom is 0.157 e. The SMILES string of the molecule is CC(C)(C=Cc1cccc(Br)c1)[S+](N)[O-]. The fourth-order valence-electron chi connectivity index (χ4n) is 0.974. The Morgan fingerprint density at radius 2 is 2.13 bits per heavy atom. The molecule has 0 amide bonds. The molecule has 0 aliphatic heterocycles. The Labute approximate surface area is 102 Å². The van der Waals surface area contributed by atoms with Crippen LogP contribution in [0.25, 0.3) is 6.08 Å². The Morgan fingerprint density at radius 3 is 2.67 bits per heavy atom. The first kappa shape index (κ1) is 12.8. The molecule has 0 aromatic heterocycles.